The van der Waals surface area contributed by atoms with Gasteiger partial charge in [-0.3, -0.25) is 4.79 Å². The molecule has 4 rings (SSSR count). The number of ether oxygens (including phenoxy) is 1. The zero-order chi connectivity index (χ0) is 17.2. The molecule has 1 amide bonds. The molecule has 1 N–H and O–H groups in total. The highest BCUT2D eigenvalue weighted by Crippen LogP contribution is 2.44. The van der Waals surface area contributed by atoms with Crippen molar-refractivity contribution in [1.29, 1.82) is 0 Å². The van der Waals surface area contributed by atoms with Crippen LogP contribution in [0.25, 0.3) is 0 Å². The van der Waals surface area contributed by atoms with E-state index in [9.17, 15) is 9.90 Å². The Bertz CT molecular complexity index is 584. The summed E-state index contributed by atoms with van der Waals surface area (Å²) in [7, 11) is 0. The number of nitrogens with zero attached hydrogens (tertiary/aromatic N) is 1. The number of carbonyl (C=O) groups is 1. The number of aliphatic hydroxyl groups is 1. The second kappa shape index (κ2) is 7.46. The molecule has 2 saturated heterocycles. The lowest BCUT2D eigenvalue weighted by molar-refractivity contribution is -0.138. The summed E-state index contributed by atoms with van der Waals surface area (Å²) in [4.78, 5) is 14.9. The van der Waals surface area contributed by atoms with E-state index in [0.29, 0.717) is 37.9 Å². The summed E-state index contributed by atoms with van der Waals surface area (Å²) in [5.41, 5.74) is 1.41. The Morgan fingerprint density at radius 1 is 1.20 bits per heavy atom. The lowest BCUT2D eigenvalue weighted by atomic mass is 9.70. The van der Waals surface area contributed by atoms with E-state index in [-0.39, 0.29) is 24.0 Å². The number of hydrogen-bond donors (Lipinski definition) is 1. The van der Waals surface area contributed by atoms with Crippen molar-refractivity contribution in [3.8, 4) is 0 Å². The van der Waals surface area contributed by atoms with Crippen molar-refractivity contribution in [2.75, 3.05) is 19.8 Å². The minimum atomic E-state index is -0.321. The summed E-state index contributed by atoms with van der Waals surface area (Å²) in [6.07, 6.45) is 5.37. The van der Waals surface area contributed by atoms with Crippen LogP contribution in [-0.4, -0.2) is 47.8 Å². The monoisotopic (exact) mass is 343 g/mol. The number of likely N-dealkylation sites (tertiary alicyclic amines) is 1. The van der Waals surface area contributed by atoms with Crippen molar-refractivity contribution in [1.82, 2.24) is 4.90 Å². The van der Waals surface area contributed by atoms with Crippen LogP contribution in [0.2, 0.25) is 0 Å². The fraction of sp³-hybridized carbons (Fsp3) is 0.667. The molecule has 2 heterocycles. The van der Waals surface area contributed by atoms with Crippen molar-refractivity contribution >= 4 is 5.91 Å². The molecule has 0 unspecified atom stereocenters. The van der Waals surface area contributed by atoms with Gasteiger partial charge in [0.15, 0.2) is 0 Å². The largest absolute Gasteiger partial charge is 0.393 e. The summed E-state index contributed by atoms with van der Waals surface area (Å²) in [5.74, 6) is 1.53. The quantitative estimate of drug-likeness (QED) is 0.914. The number of aliphatic hydroxyl groups excluding tert-OH is 1. The maximum atomic E-state index is 12.9. The molecule has 1 aromatic rings. The predicted octanol–water partition coefficient (Wildman–Crippen LogP) is 2.96. The topological polar surface area (TPSA) is 49.8 Å². The van der Waals surface area contributed by atoms with Gasteiger partial charge in [0.25, 0.3) is 0 Å². The lowest BCUT2D eigenvalue weighted by Crippen LogP contribution is -2.48. The maximum Gasteiger partial charge on any atom is 0.223 e. The Hall–Kier alpha value is -1.39. The Morgan fingerprint density at radius 2 is 2.00 bits per heavy atom. The fourth-order valence-corrected chi connectivity index (χ4v) is 4.93. The van der Waals surface area contributed by atoms with E-state index in [1.54, 1.807) is 0 Å². The van der Waals surface area contributed by atoms with Crippen LogP contribution in [-0.2, 0) is 9.53 Å². The van der Waals surface area contributed by atoms with Crippen molar-refractivity contribution in [3.05, 3.63) is 35.9 Å². The van der Waals surface area contributed by atoms with E-state index in [0.717, 1.165) is 32.2 Å². The average molecular weight is 343 g/mol. The minimum absolute atomic E-state index is 0.0960. The van der Waals surface area contributed by atoms with Gasteiger partial charge in [-0.05, 0) is 49.5 Å². The van der Waals surface area contributed by atoms with Gasteiger partial charge in [-0.1, -0.05) is 30.3 Å². The van der Waals surface area contributed by atoms with Gasteiger partial charge in [0, 0.05) is 31.5 Å². The number of benzene rings is 1. The van der Waals surface area contributed by atoms with Gasteiger partial charge < -0.3 is 14.7 Å². The van der Waals surface area contributed by atoms with Crippen molar-refractivity contribution in [2.24, 2.45) is 11.8 Å². The zero-order valence-electron chi connectivity index (χ0n) is 14.8. The molecule has 3 atom stereocenters. The summed E-state index contributed by atoms with van der Waals surface area (Å²) < 4.78 is 5.57. The van der Waals surface area contributed by atoms with Crippen LogP contribution in [0, 0.1) is 11.8 Å². The lowest BCUT2D eigenvalue weighted by Gasteiger charge is -2.39. The van der Waals surface area contributed by atoms with Gasteiger partial charge in [-0.25, -0.2) is 0 Å². The molecule has 4 nitrogen and oxygen atoms in total. The van der Waals surface area contributed by atoms with Crippen LogP contribution in [0.15, 0.2) is 30.3 Å². The number of rotatable bonds is 4. The van der Waals surface area contributed by atoms with E-state index in [2.05, 4.69) is 35.2 Å². The second-order valence-electron chi connectivity index (χ2n) is 8.04. The molecule has 1 aliphatic carbocycles. The van der Waals surface area contributed by atoms with Gasteiger partial charge in [-0.2, -0.15) is 0 Å². The van der Waals surface area contributed by atoms with Crippen LogP contribution in [0.3, 0.4) is 0 Å². The molecular weight excluding hydrogens is 314 g/mol. The van der Waals surface area contributed by atoms with Gasteiger partial charge in [0.1, 0.15) is 0 Å². The van der Waals surface area contributed by atoms with Crippen LogP contribution in [0.4, 0.5) is 0 Å². The second-order valence-corrected chi connectivity index (χ2v) is 8.04. The Balaban J connectivity index is 1.31. The zero-order valence-corrected chi connectivity index (χ0v) is 14.8. The van der Waals surface area contributed by atoms with Crippen LogP contribution < -0.4 is 0 Å². The third kappa shape index (κ3) is 3.61. The highest BCUT2D eigenvalue weighted by atomic mass is 16.5. The van der Waals surface area contributed by atoms with Crippen LogP contribution >= 0.6 is 0 Å². The molecule has 1 aromatic carbocycles. The normalized spacial score (nSPS) is 35.4. The summed E-state index contributed by atoms with van der Waals surface area (Å²) in [5, 5.41) is 10.3. The van der Waals surface area contributed by atoms with Gasteiger partial charge in [0.2, 0.25) is 5.91 Å². The first-order valence-electron chi connectivity index (χ1n) is 9.82. The van der Waals surface area contributed by atoms with E-state index in [1.807, 2.05) is 0 Å². The van der Waals surface area contributed by atoms with Crippen molar-refractivity contribution in [3.63, 3.8) is 0 Å². The molecule has 1 saturated carbocycles. The SMILES string of the molecule is O=C(CC1CC(c2ccccc2)C1)N1CCC[C@@H]1[C@@H]1COCC[C@H]1O. The molecule has 4 heteroatoms. The van der Waals surface area contributed by atoms with Crippen LogP contribution in [0.1, 0.15) is 50.0 Å². The molecule has 0 aromatic heterocycles. The van der Waals surface area contributed by atoms with Gasteiger partial charge >= 0.3 is 0 Å². The molecule has 25 heavy (non-hydrogen) atoms. The highest BCUT2D eigenvalue weighted by Gasteiger charge is 2.41. The molecule has 2 aliphatic heterocycles. The van der Waals surface area contributed by atoms with Gasteiger partial charge in [-0.15, -0.1) is 0 Å². The van der Waals surface area contributed by atoms with Crippen molar-refractivity contribution in [2.45, 2.75) is 56.6 Å². The average Bonchev–Trinajstić information content (AvgIpc) is 3.08. The molecule has 0 radical (unpaired) electrons. The minimum Gasteiger partial charge on any atom is -0.393 e. The maximum absolute atomic E-state index is 12.9. The molecule has 3 fully saturated rings. The Kier molecular flexibility index (Phi) is 5.09. The van der Waals surface area contributed by atoms with Crippen molar-refractivity contribution < 1.29 is 14.6 Å². The smallest absolute Gasteiger partial charge is 0.223 e. The third-order valence-electron chi connectivity index (χ3n) is 6.45. The molecule has 136 valence electrons. The van der Waals surface area contributed by atoms with Gasteiger partial charge in [0.05, 0.1) is 12.7 Å². The summed E-state index contributed by atoms with van der Waals surface area (Å²) >= 11 is 0. The Labute approximate surface area is 150 Å². The third-order valence-corrected chi connectivity index (χ3v) is 6.45. The summed E-state index contributed by atoms with van der Waals surface area (Å²) in [6.45, 7) is 2.08. The molecule has 3 aliphatic rings. The van der Waals surface area contributed by atoms with E-state index >= 15 is 0 Å². The number of amides is 1. The van der Waals surface area contributed by atoms with Crippen LogP contribution in [0.5, 0.6) is 0 Å². The fourth-order valence-electron chi connectivity index (χ4n) is 4.93. The van der Waals surface area contributed by atoms with E-state index < -0.39 is 0 Å². The molecule has 0 bridgehead atoms. The first-order valence-corrected chi connectivity index (χ1v) is 9.82. The summed E-state index contributed by atoms with van der Waals surface area (Å²) in [6, 6.07) is 10.8. The first kappa shape index (κ1) is 17.0. The molecule has 0 spiro atoms. The van der Waals surface area contributed by atoms with E-state index in [4.69, 9.17) is 4.74 Å². The number of hydrogen-bond acceptors (Lipinski definition) is 3. The number of carbonyl (C=O) groups excluding carboxylic acids is 1. The van der Waals surface area contributed by atoms with E-state index in [1.165, 1.54) is 5.56 Å². The predicted molar refractivity (Wildman–Crippen MR) is 96.2 cm³/mol. The highest BCUT2D eigenvalue weighted by molar-refractivity contribution is 5.77. The molecular formula is C21H29NO3. The Morgan fingerprint density at radius 3 is 2.76 bits per heavy atom. The standard InChI is InChI=1S/C21H29NO3/c23-20-8-10-25-14-18(20)19-7-4-9-22(19)21(24)13-15-11-17(12-15)16-5-2-1-3-6-16/h1-3,5-6,15,17-20,23H,4,7-14H2/t15?,17?,18-,19+,20+/m0/s1. The first-order chi connectivity index (χ1) is 12.2.